The number of amides is 2. The van der Waals surface area contributed by atoms with Crippen LogP contribution < -0.4 is 10.6 Å². The van der Waals surface area contributed by atoms with Crippen LogP contribution in [0.25, 0.3) is 0 Å². The standard InChI is InChI=1S/C21H28N4O3/c1-3-10-24-11-13-25(14-12-24)15-17-18(20(26)28-4-2)19(23-21(27)22-17)16-8-6-5-7-9-16/h3,5-9,19H,1,4,10-15H2,2H3,(H2,22,23,27)/t19-/m0/s1. The number of hydrogen-bond acceptors (Lipinski definition) is 5. The highest BCUT2D eigenvalue weighted by atomic mass is 16.5. The van der Waals surface area contributed by atoms with E-state index in [0.717, 1.165) is 38.3 Å². The van der Waals surface area contributed by atoms with Crippen LogP contribution in [0.15, 0.2) is 54.3 Å². The van der Waals surface area contributed by atoms with Crippen LogP contribution in [0.3, 0.4) is 0 Å². The van der Waals surface area contributed by atoms with Crippen LogP contribution in [-0.4, -0.2) is 67.7 Å². The summed E-state index contributed by atoms with van der Waals surface area (Å²) in [6.07, 6.45) is 1.91. The molecule has 7 heteroatoms. The fourth-order valence-electron chi connectivity index (χ4n) is 3.62. The smallest absolute Gasteiger partial charge is 0.338 e. The number of esters is 1. The highest BCUT2D eigenvalue weighted by molar-refractivity contribution is 5.95. The van der Waals surface area contributed by atoms with Crippen molar-refractivity contribution < 1.29 is 14.3 Å². The van der Waals surface area contributed by atoms with E-state index >= 15 is 0 Å². The Morgan fingerprint density at radius 1 is 1.21 bits per heavy atom. The number of hydrogen-bond donors (Lipinski definition) is 2. The molecule has 0 radical (unpaired) electrons. The van der Waals surface area contributed by atoms with Crippen molar-refractivity contribution in [2.45, 2.75) is 13.0 Å². The second-order valence-electron chi connectivity index (χ2n) is 6.92. The molecule has 0 spiro atoms. The minimum Gasteiger partial charge on any atom is -0.463 e. The molecule has 28 heavy (non-hydrogen) atoms. The van der Waals surface area contributed by atoms with E-state index in [1.165, 1.54) is 0 Å². The van der Waals surface area contributed by atoms with E-state index in [1.54, 1.807) is 6.92 Å². The molecule has 0 unspecified atom stereocenters. The molecular weight excluding hydrogens is 356 g/mol. The molecule has 3 rings (SSSR count). The van der Waals surface area contributed by atoms with Crippen LogP contribution >= 0.6 is 0 Å². The van der Waals surface area contributed by atoms with Gasteiger partial charge in [-0.2, -0.15) is 0 Å². The molecule has 0 saturated carbocycles. The molecule has 0 aliphatic carbocycles. The minimum absolute atomic E-state index is 0.283. The number of carbonyl (C=O) groups is 2. The van der Waals surface area contributed by atoms with Crippen LogP contribution in [0.5, 0.6) is 0 Å². The fraction of sp³-hybridized carbons (Fsp3) is 0.429. The third-order valence-corrected chi connectivity index (χ3v) is 5.02. The number of carbonyl (C=O) groups excluding carboxylic acids is 2. The van der Waals surface area contributed by atoms with Gasteiger partial charge in [0, 0.05) is 45.0 Å². The highest BCUT2D eigenvalue weighted by Gasteiger charge is 2.34. The molecule has 1 atom stereocenters. The molecule has 1 fully saturated rings. The molecule has 2 N–H and O–H groups in total. The Bertz CT molecular complexity index is 739. The first-order valence-electron chi connectivity index (χ1n) is 9.70. The van der Waals surface area contributed by atoms with Gasteiger partial charge in [-0.25, -0.2) is 9.59 Å². The Morgan fingerprint density at radius 3 is 2.54 bits per heavy atom. The summed E-state index contributed by atoms with van der Waals surface area (Å²) >= 11 is 0. The van der Waals surface area contributed by atoms with Crippen LogP contribution in [0.2, 0.25) is 0 Å². The summed E-state index contributed by atoms with van der Waals surface area (Å²) in [5.41, 5.74) is 1.95. The van der Waals surface area contributed by atoms with Gasteiger partial charge in [-0.1, -0.05) is 36.4 Å². The molecule has 0 aromatic heterocycles. The zero-order valence-electron chi connectivity index (χ0n) is 16.3. The number of piperazine rings is 1. The van der Waals surface area contributed by atoms with E-state index in [0.29, 0.717) is 17.8 Å². The number of ether oxygens (including phenoxy) is 1. The first kappa shape index (κ1) is 20.1. The van der Waals surface area contributed by atoms with Gasteiger partial charge in [-0.05, 0) is 12.5 Å². The second-order valence-corrected chi connectivity index (χ2v) is 6.92. The Hall–Kier alpha value is -2.64. The van der Waals surface area contributed by atoms with Gasteiger partial charge in [0.1, 0.15) is 0 Å². The predicted molar refractivity (Wildman–Crippen MR) is 108 cm³/mol. The summed E-state index contributed by atoms with van der Waals surface area (Å²) in [4.78, 5) is 29.7. The van der Waals surface area contributed by atoms with Gasteiger partial charge in [-0.15, -0.1) is 6.58 Å². The van der Waals surface area contributed by atoms with Gasteiger partial charge in [0.2, 0.25) is 0 Å². The van der Waals surface area contributed by atoms with Crippen molar-refractivity contribution in [1.29, 1.82) is 0 Å². The number of benzene rings is 1. The largest absolute Gasteiger partial charge is 0.463 e. The number of urea groups is 1. The maximum absolute atomic E-state index is 12.8. The van der Waals surface area contributed by atoms with Crippen molar-refractivity contribution >= 4 is 12.0 Å². The molecule has 2 aliphatic rings. The van der Waals surface area contributed by atoms with Crippen LogP contribution in [-0.2, 0) is 9.53 Å². The number of nitrogens with zero attached hydrogens (tertiary/aromatic N) is 2. The molecule has 2 amide bonds. The van der Waals surface area contributed by atoms with Crippen molar-refractivity contribution in [3.63, 3.8) is 0 Å². The van der Waals surface area contributed by atoms with Gasteiger partial charge in [0.25, 0.3) is 0 Å². The average molecular weight is 384 g/mol. The first-order chi connectivity index (χ1) is 13.6. The van der Waals surface area contributed by atoms with Gasteiger partial charge in [0.15, 0.2) is 0 Å². The summed E-state index contributed by atoms with van der Waals surface area (Å²) in [7, 11) is 0. The average Bonchev–Trinajstić information content (AvgIpc) is 2.70. The van der Waals surface area contributed by atoms with E-state index in [1.807, 2.05) is 36.4 Å². The number of rotatable bonds is 7. The minimum atomic E-state index is -0.522. The molecule has 150 valence electrons. The first-order valence-corrected chi connectivity index (χ1v) is 9.70. The van der Waals surface area contributed by atoms with Crippen LogP contribution in [0, 0.1) is 0 Å². The van der Waals surface area contributed by atoms with Gasteiger partial charge in [0.05, 0.1) is 18.2 Å². The molecule has 1 saturated heterocycles. The normalized spacial score (nSPS) is 21.0. The Labute approximate surface area is 166 Å². The van der Waals surface area contributed by atoms with E-state index in [9.17, 15) is 9.59 Å². The Morgan fingerprint density at radius 2 is 1.89 bits per heavy atom. The molecule has 2 heterocycles. The van der Waals surface area contributed by atoms with Gasteiger partial charge in [-0.3, -0.25) is 9.80 Å². The zero-order valence-corrected chi connectivity index (χ0v) is 16.3. The molecule has 1 aromatic rings. The Balaban J connectivity index is 1.85. The van der Waals surface area contributed by atoms with Gasteiger partial charge >= 0.3 is 12.0 Å². The van der Waals surface area contributed by atoms with E-state index < -0.39 is 12.0 Å². The van der Waals surface area contributed by atoms with Crippen molar-refractivity contribution in [3.05, 3.63) is 59.8 Å². The fourth-order valence-corrected chi connectivity index (χ4v) is 3.62. The maximum atomic E-state index is 12.8. The Kier molecular flexibility index (Phi) is 6.84. The lowest BCUT2D eigenvalue weighted by Gasteiger charge is -2.36. The molecule has 0 bridgehead atoms. The summed E-state index contributed by atoms with van der Waals surface area (Å²) < 4.78 is 5.31. The second kappa shape index (κ2) is 9.52. The third-order valence-electron chi connectivity index (χ3n) is 5.02. The lowest BCUT2D eigenvalue weighted by molar-refractivity contribution is -0.139. The molecule has 7 nitrogen and oxygen atoms in total. The third kappa shape index (κ3) is 4.79. The van der Waals surface area contributed by atoms with Crippen molar-refractivity contribution in [1.82, 2.24) is 20.4 Å². The predicted octanol–water partition coefficient (Wildman–Crippen LogP) is 1.66. The van der Waals surface area contributed by atoms with Crippen molar-refractivity contribution in [2.75, 3.05) is 45.9 Å². The maximum Gasteiger partial charge on any atom is 0.338 e. The quantitative estimate of drug-likeness (QED) is 0.553. The SMILES string of the molecule is C=CCN1CCN(CC2=C(C(=O)OCC)[C@H](c3ccccc3)NC(=O)N2)CC1. The lowest BCUT2D eigenvalue weighted by Crippen LogP contribution is -2.51. The van der Waals surface area contributed by atoms with E-state index in [-0.39, 0.29) is 12.6 Å². The van der Waals surface area contributed by atoms with Crippen LogP contribution in [0.4, 0.5) is 4.79 Å². The van der Waals surface area contributed by atoms with Crippen molar-refractivity contribution in [3.8, 4) is 0 Å². The summed E-state index contributed by atoms with van der Waals surface area (Å²) in [5, 5.41) is 5.71. The molecule has 1 aromatic carbocycles. The van der Waals surface area contributed by atoms with Crippen LogP contribution in [0.1, 0.15) is 18.5 Å². The summed E-state index contributed by atoms with van der Waals surface area (Å²) in [5.74, 6) is -0.399. The number of nitrogens with one attached hydrogen (secondary N) is 2. The monoisotopic (exact) mass is 384 g/mol. The lowest BCUT2D eigenvalue weighted by atomic mass is 9.95. The molecular formula is C21H28N4O3. The van der Waals surface area contributed by atoms with E-state index in [4.69, 9.17) is 4.74 Å². The van der Waals surface area contributed by atoms with Crippen molar-refractivity contribution in [2.24, 2.45) is 0 Å². The van der Waals surface area contributed by atoms with Gasteiger partial charge < -0.3 is 15.4 Å². The molecule has 2 aliphatic heterocycles. The summed E-state index contributed by atoms with van der Waals surface area (Å²) in [6.45, 7) is 10.8. The highest BCUT2D eigenvalue weighted by Crippen LogP contribution is 2.28. The van der Waals surface area contributed by atoms with E-state index in [2.05, 4.69) is 27.0 Å². The summed E-state index contributed by atoms with van der Waals surface area (Å²) in [6, 6.07) is 8.68. The topological polar surface area (TPSA) is 73.9 Å². The zero-order chi connectivity index (χ0) is 19.9.